The number of benzene rings is 1. The summed E-state index contributed by atoms with van der Waals surface area (Å²) in [5.41, 5.74) is 1.72. The lowest BCUT2D eigenvalue weighted by Gasteiger charge is -2.34. The minimum Gasteiger partial charge on any atom is -0.459 e. The second kappa shape index (κ2) is 9.68. The van der Waals surface area contributed by atoms with Crippen LogP contribution in [0.25, 0.3) is 11.0 Å². The topological polar surface area (TPSA) is 92.3 Å². The highest BCUT2D eigenvalue weighted by atomic mass is 35.5. The van der Waals surface area contributed by atoms with E-state index >= 15 is 0 Å². The summed E-state index contributed by atoms with van der Waals surface area (Å²) in [7, 11) is 1.86. The average molecular weight is 488 g/mol. The molecule has 1 N–H and O–H groups in total. The lowest BCUT2D eigenvalue weighted by molar-refractivity contribution is 0.0714. The number of carbonyl (C=O) groups excluding carboxylic acids is 1. The van der Waals surface area contributed by atoms with Crippen LogP contribution in [-0.2, 0) is 13.6 Å². The number of anilines is 2. The molecule has 0 aliphatic carbocycles. The fourth-order valence-corrected chi connectivity index (χ4v) is 3.98. The smallest absolute Gasteiger partial charge is 0.289 e. The van der Waals surface area contributed by atoms with Gasteiger partial charge in [0.25, 0.3) is 5.91 Å². The Labute approximate surface area is 201 Å². The molecule has 9 nitrogen and oxygen atoms in total. The molecule has 33 heavy (non-hydrogen) atoms. The third kappa shape index (κ3) is 4.60. The number of halogens is 2. The van der Waals surface area contributed by atoms with Crippen LogP contribution in [0.4, 0.5) is 11.8 Å². The summed E-state index contributed by atoms with van der Waals surface area (Å²) in [4.78, 5) is 25.9. The number of piperazine rings is 1. The summed E-state index contributed by atoms with van der Waals surface area (Å²) in [5, 5.41) is 9.28. The van der Waals surface area contributed by atoms with Crippen molar-refractivity contribution >= 4 is 52.7 Å². The molecule has 4 aromatic rings. The highest BCUT2D eigenvalue weighted by Crippen LogP contribution is 2.25. The van der Waals surface area contributed by atoms with E-state index in [4.69, 9.17) is 26.0 Å². The molecule has 1 aromatic carbocycles. The Bertz CT molecular complexity index is 1250. The lowest BCUT2D eigenvalue weighted by Crippen LogP contribution is -2.49. The SMILES string of the molecule is Cl.Cn1ncc2c(NCc3ccccc3Cl)nc(N3CCN(C(=O)c4ccco4)CC3)nc21. The molecular weight excluding hydrogens is 465 g/mol. The number of nitrogens with one attached hydrogen (secondary N) is 1. The van der Waals surface area contributed by atoms with Gasteiger partial charge in [0.2, 0.25) is 5.95 Å². The van der Waals surface area contributed by atoms with Gasteiger partial charge in [-0.2, -0.15) is 15.1 Å². The number of fused-ring (bicyclic) bond motifs is 1. The van der Waals surface area contributed by atoms with Crippen molar-refractivity contribution in [3.8, 4) is 0 Å². The third-order valence-corrected chi connectivity index (χ3v) is 5.93. The van der Waals surface area contributed by atoms with E-state index in [9.17, 15) is 4.79 Å². The van der Waals surface area contributed by atoms with E-state index < -0.39 is 0 Å². The van der Waals surface area contributed by atoms with Gasteiger partial charge in [0.1, 0.15) is 5.82 Å². The Balaban J connectivity index is 0.00000259. The summed E-state index contributed by atoms with van der Waals surface area (Å²) in [5.74, 6) is 1.57. The number of rotatable bonds is 5. The molecule has 1 amide bonds. The zero-order valence-corrected chi connectivity index (χ0v) is 19.5. The molecule has 1 aliphatic rings. The molecule has 0 saturated carbocycles. The van der Waals surface area contributed by atoms with Crippen LogP contribution in [0.2, 0.25) is 5.02 Å². The molecule has 0 atom stereocenters. The fourth-order valence-electron chi connectivity index (χ4n) is 3.77. The summed E-state index contributed by atoms with van der Waals surface area (Å²) in [6.45, 7) is 2.91. The van der Waals surface area contributed by atoms with Crippen molar-refractivity contribution in [2.75, 3.05) is 36.4 Å². The summed E-state index contributed by atoms with van der Waals surface area (Å²) in [6.07, 6.45) is 3.27. The third-order valence-electron chi connectivity index (χ3n) is 5.57. The van der Waals surface area contributed by atoms with Gasteiger partial charge in [-0.15, -0.1) is 12.4 Å². The van der Waals surface area contributed by atoms with Gasteiger partial charge in [-0.25, -0.2) is 0 Å². The van der Waals surface area contributed by atoms with E-state index in [1.165, 1.54) is 6.26 Å². The van der Waals surface area contributed by atoms with Gasteiger partial charge < -0.3 is 19.5 Å². The maximum atomic E-state index is 12.5. The highest BCUT2D eigenvalue weighted by molar-refractivity contribution is 6.31. The second-order valence-corrected chi connectivity index (χ2v) is 7.99. The number of amides is 1. The summed E-state index contributed by atoms with van der Waals surface area (Å²) >= 11 is 6.31. The molecule has 0 radical (unpaired) electrons. The summed E-state index contributed by atoms with van der Waals surface area (Å²) < 4.78 is 6.98. The molecule has 4 heterocycles. The van der Waals surface area contributed by atoms with Crippen molar-refractivity contribution < 1.29 is 9.21 Å². The zero-order valence-electron chi connectivity index (χ0n) is 17.9. The quantitative estimate of drug-likeness (QED) is 0.459. The predicted octanol–water partition coefficient (Wildman–Crippen LogP) is 3.61. The van der Waals surface area contributed by atoms with Gasteiger partial charge in [0.05, 0.1) is 17.8 Å². The molecule has 1 saturated heterocycles. The molecule has 3 aromatic heterocycles. The van der Waals surface area contributed by atoms with Crippen LogP contribution in [0.15, 0.2) is 53.3 Å². The normalized spacial score (nSPS) is 13.8. The van der Waals surface area contributed by atoms with E-state index in [-0.39, 0.29) is 18.3 Å². The average Bonchev–Trinajstić information content (AvgIpc) is 3.49. The van der Waals surface area contributed by atoms with Gasteiger partial charge in [-0.1, -0.05) is 29.8 Å². The van der Waals surface area contributed by atoms with Gasteiger partial charge in [0, 0.05) is 44.8 Å². The van der Waals surface area contributed by atoms with Crippen molar-refractivity contribution in [1.82, 2.24) is 24.6 Å². The van der Waals surface area contributed by atoms with Crippen molar-refractivity contribution in [2.45, 2.75) is 6.54 Å². The number of aromatic nitrogens is 4. The van der Waals surface area contributed by atoms with Crippen LogP contribution in [0.5, 0.6) is 0 Å². The Morgan fingerprint density at radius 1 is 1.12 bits per heavy atom. The Hall–Kier alpha value is -3.30. The van der Waals surface area contributed by atoms with Crippen molar-refractivity contribution in [2.24, 2.45) is 7.05 Å². The van der Waals surface area contributed by atoms with Crippen LogP contribution in [-0.4, -0.2) is 56.7 Å². The number of furan rings is 1. The summed E-state index contributed by atoms with van der Waals surface area (Å²) in [6, 6.07) is 11.1. The monoisotopic (exact) mass is 487 g/mol. The minimum atomic E-state index is -0.0975. The molecule has 5 rings (SSSR count). The van der Waals surface area contributed by atoms with Crippen LogP contribution in [0.3, 0.4) is 0 Å². The first kappa shape index (κ1) is 22.9. The molecule has 172 valence electrons. The van der Waals surface area contributed by atoms with Crippen molar-refractivity contribution in [1.29, 1.82) is 0 Å². The standard InChI is InChI=1S/C22H22ClN7O2.ClH/c1-28-20-16(14-25-28)19(24-13-15-5-2-3-6-17(15)23)26-22(27-20)30-10-8-29(9-11-30)21(31)18-7-4-12-32-18;/h2-7,12,14H,8-11,13H2,1H3,(H,24,26,27);1H. The van der Waals surface area contributed by atoms with Gasteiger partial charge >= 0.3 is 0 Å². The molecule has 0 spiro atoms. The molecule has 1 fully saturated rings. The number of nitrogens with zero attached hydrogens (tertiary/aromatic N) is 6. The maximum Gasteiger partial charge on any atom is 0.289 e. The second-order valence-electron chi connectivity index (χ2n) is 7.58. The zero-order chi connectivity index (χ0) is 22.1. The van der Waals surface area contributed by atoms with Crippen LogP contribution in [0.1, 0.15) is 16.1 Å². The molecule has 11 heteroatoms. The molecule has 0 unspecified atom stereocenters. The molecular formula is C22H23Cl2N7O2. The van der Waals surface area contributed by atoms with E-state index in [0.29, 0.717) is 55.3 Å². The van der Waals surface area contributed by atoms with Gasteiger partial charge in [-0.3, -0.25) is 9.48 Å². The first-order valence-corrected chi connectivity index (χ1v) is 10.7. The first-order valence-electron chi connectivity index (χ1n) is 10.3. The predicted molar refractivity (Wildman–Crippen MR) is 129 cm³/mol. The highest BCUT2D eigenvalue weighted by Gasteiger charge is 2.26. The van der Waals surface area contributed by atoms with Crippen LogP contribution in [0, 0.1) is 0 Å². The number of hydrogen-bond acceptors (Lipinski definition) is 7. The first-order chi connectivity index (χ1) is 15.6. The minimum absolute atomic E-state index is 0. The fraction of sp³-hybridized carbons (Fsp3) is 0.273. The number of hydrogen-bond donors (Lipinski definition) is 1. The molecule has 0 bridgehead atoms. The van der Waals surface area contributed by atoms with E-state index in [2.05, 4.69) is 15.3 Å². The Morgan fingerprint density at radius 3 is 2.64 bits per heavy atom. The lowest BCUT2D eigenvalue weighted by atomic mass is 10.2. The van der Waals surface area contributed by atoms with Crippen LogP contribution >= 0.6 is 24.0 Å². The Morgan fingerprint density at radius 2 is 1.91 bits per heavy atom. The van der Waals surface area contributed by atoms with E-state index in [0.717, 1.165) is 16.6 Å². The number of carbonyl (C=O) groups is 1. The van der Waals surface area contributed by atoms with Crippen molar-refractivity contribution in [3.05, 3.63) is 65.2 Å². The van der Waals surface area contributed by atoms with Crippen LogP contribution < -0.4 is 10.2 Å². The van der Waals surface area contributed by atoms with E-state index in [1.807, 2.05) is 31.3 Å². The van der Waals surface area contributed by atoms with E-state index in [1.54, 1.807) is 27.9 Å². The van der Waals surface area contributed by atoms with Crippen molar-refractivity contribution in [3.63, 3.8) is 0 Å². The number of aryl methyl sites for hydroxylation is 1. The largest absolute Gasteiger partial charge is 0.459 e. The Kier molecular flexibility index (Phi) is 6.71. The van der Waals surface area contributed by atoms with Gasteiger partial charge in [0.15, 0.2) is 11.4 Å². The maximum absolute atomic E-state index is 12.5. The van der Waals surface area contributed by atoms with Gasteiger partial charge in [-0.05, 0) is 23.8 Å². The molecule has 1 aliphatic heterocycles.